The van der Waals surface area contributed by atoms with Gasteiger partial charge in [-0.25, -0.2) is 4.79 Å². The highest BCUT2D eigenvalue weighted by atomic mass is 79.9. The number of carbonyl (C=O) groups is 2. The van der Waals surface area contributed by atoms with Crippen LogP contribution in [0.3, 0.4) is 0 Å². The number of amides is 2. The SMILES string of the molecule is Cc1ccc(Br)cc1NC(=O)N1CC(C(=O)O)C1. The third-order valence-corrected chi connectivity index (χ3v) is 3.45. The molecular formula is C12H13BrN2O3. The van der Waals surface area contributed by atoms with Crippen LogP contribution in [0.4, 0.5) is 10.5 Å². The van der Waals surface area contributed by atoms with E-state index in [0.717, 1.165) is 15.7 Å². The molecule has 2 N–H and O–H groups in total. The highest BCUT2D eigenvalue weighted by molar-refractivity contribution is 9.10. The molecule has 1 fully saturated rings. The van der Waals surface area contributed by atoms with Crippen LogP contribution >= 0.6 is 15.9 Å². The lowest BCUT2D eigenvalue weighted by molar-refractivity contribution is -0.145. The van der Waals surface area contributed by atoms with Crippen LogP contribution in [-0.4, -0.2) is 35.1 Å². The Bertz CT molecular complexity index is 498. The van der Waals surface area contributed by atoms with E-state index in [1.165, 1.54) is 4.90 Å². The molecular weight excluding hydrogens is 300 g/mol. The molecule has 1 aliphatic rings. The summed E-state index contributed by atoms with van der Waals surface area (Å²) in [7, 11) is 0. The van der Waals surface area contributed by atoms with E-state index in [2.05, 4.69) is 21.2 Å². The Kier molecular flexibility index (Phi) is 3.56. The molecule has 2 amide bonds. The smallest absolute Gasteiger partial charge is 0.321 e. The Hall–Kier alpha value is -1.56. The molecule has 2 rings (SSSR count). The van der Waals surface area contributed by atoms with Gasteiger partial charge in [-0.05, 0) is 24.6 Å². The molecule has 1 aromatic carbocycles. The van der Waals surface area contributed by atoms with Gasteiger partial charge in [-0.2, -0.15) is 0 Å². The fourth-order valence-corrected chi connectivity index (χ4v) is 2.08. The minimum absolute atomic E-state index is 0.256. The van der Waals surface area contributed by atoms with Crippen molar-refractivity contribution in [1.82, 2.24) is 4.90 Å². The number of aryl methyl sites for hydroxylation is 1. The minimum atomic E-state index is -0.849. The van der Waals surface area contributed by atoms with Gasteiger partial charge in [0.2, 0.25) is 0 Å². The summed E-state index contributed by atoms with van der Waals surface area (Å²) in [5, 5.41) is 11.5. The Balaban J connectivity index is 1.96. The zero-order valence-electron chi connectivity index (χ0n) is 9.81. The van der Waals surface area contributed by atoms with E-state index in [1.807, 2.05) is 25.1 Å². The van der Waals surface area contributed by atoms with E-state index in [9.17, 15) is 9.59 Å². The number of likely N-dealkylation sites (tertiary alicyclic amines) is 1. The number of rotatable bonds is 2. The first-order valence-corrected chi connectivity index (χ1v) is 6.31. The number of carboxylic acids is 1. The largest absolute Gasteiger partial charge is 0.481 e. The third kappa shape index (κ3) is 2.64. The third-order valence-electron chi connectivity index (χ3n) is 2.96. The van der Waals surface area contributed by atoms with Gasteiger partial charge in [-0.1, -0.05) is 22.0 Å². The number of benzene rings is 1. The highest BCUT2D eigenvalue weighted by Crippen LogP contribution is 2.22. The molecule has 0 bridgehead atoms. The summed E-state index contributed by atoms with van der Waals surface area (Å²) in [6.07, 6.45) is 0. The van der Waals surface area contributed by atoms with E-state index in [4.69, 9.17) is 5.11 Å². The molecule has 18 heavy (non-hydrogen) atoms. The quantitative estimate of drug-likeness (QED) is 0.880. The van der Waals surface area contributed by atoms with Crippen molar-refractivity contribution in [2.45, 2.75) is 6.92 Å². The number of nitrogens with one attached hydrogen (secondary N) is 1. The summed E-state index contributed by atoms with van der Waals surface area (Å²) in [5.74, 6) is -1.28. The van der Waals surface area contributed by atoms with Crippen molar-refractivity contribution in [3.63, 3.8) is 0 Å². The van der Waals surface area contributed by atoms with E-state index in [0.29, 0.717) is 0 Å². The predicted molar refractivity (Wildman–Crippen MR) is 70.6 cm³/mol. The van der Waals surface area contributed by atoms with E-state index in [1.54, 1.807) is 0 Å². The summed E-state index contributed by atoms with van der Waals surface area (Å²) < 4.78 is 0.885. The van der Waals surface area contributed by atoms with Gasteiger partial charge in [0.15, 0.2) is 0 Å². The number of carboxylic acid groups (broad SMARTS) is 1. The summed E-state index contributed by atoms with van der Waals surface area (Å²) >= 11 is 3.34. The second-order valence-electron chi connectivity index (χ2n) is 4.33. The highest BCUT2D eigenvalue weighted by Gasteiger charge is 2.35. The van der Waals surface area contributed by atoms with Crippen molar-refractivity contribution in [3.05, 3.63) is 28.2 Å². The van der Waals surface area contributed by atoms with Crippen LogP contribution in [-0.2, 0) is 4.79 Å². The van der Waals surface area contributed by atoms with Gasteiger partial charge in [-0.15, -0.1) is 0 Å². The topological polar surface area (TPSA) is 69.6 Å². The Morgan fingerprint density at radius 2 is 2.11 bits per heavy atom. The molecule has 1 aliphatic heterocycles. The Morgan fingerprint density at radius 1 is 1.44 bits per heavy atom. The fourth-order valence-electron chi connectivity index (χ4n) is 1.72. The molecule has 5 nitrogen and oxygen atoms in total. The van der Waals surface area contributed by atoms with Crippen molar-refractivity contribution < 1.29 is 14.7 Å². The van der Waals surface area contributed by atoms with Crippen molar-refractivity contribution in [2.24, 2.45) is 5.92 Å². The lowest BCUT2D eigenvalue weighted by Gasteiger charge is -2.36. The van der Waals surface area contributed by atoms with E-state index < -0.39 is 11.9 Å². The van der Waals surface area contributed by atoms with Crippen molar-refractivity contribution in [3.8, 4) is 0 Å². The molecule has 1 heterocycles. The van der Waals surface area contributed by atoms with Crippen LogP contribution in [0.1, 0.15) is 5.56 Å². The maximum atomic E-state index is 11.8. The maximum absolute atomic E-state index is 11.8. The molecule has 0 unspecified atom stereocenters. The zero-order chi connectivity index (χ0) is 13.3. The first kappa shape index (κ1) is 12.9. The number of nitrogens with zero attached hydrogens (tertiary/aromatic N) is 1. The Labute approximate surface area is 113 Å². The number of halogens is 1. The normalized spacial score (nSPS) is 15.1. The monoisotopic (exact) mass is 312 g/mol. The van der Waals surface area contributed by atoms with Crippen LogP contribution < -0.4 is 5.32 Å². The second kappa shape index (κ2) is 4.97. The molecule has 1 saturated heterocycles. The van der Waals surface area contributed by atoms with Crippen LogP contribution in [0.25, 0.3) is 0 Å². The minimum Gasteiger partial charge on any atom is -0.481 e. The lowest BCUT2D eigenvalue weighted by Crippen LogP contribution is -2.54. The Morgan fingerprint density at radius 3 is 2.72 bits per heavy atom. The summed E-state index contributed by atoms with van der Waals surface area (Å²) in [6, 6.07) is 5.36. The van der Waals surface area contributed by atoms with Gasteiger partial charge in [0.05, 0.1) is 5.92 Å². The molecule has 0 saturated carbocycles. The molecule has 0 aromatic heterocycles. The number of anilines is 1. The molecule has 0 radical (unpaired) electrons. The molecule has 6 heteroatoms. The van der Waals surface area contributed by atoms with Crippen LogP contribution in [0.2, 0.25) is 0 Å². The first-order chi connectivity index (χ1) is 8.47. The van der Waals surface area contributed by atoms with Gasteiger partial charge < -0.3 is 15.3 Å². The second-order valence-corrected chi connectivity index (χ2v) is 5.25. The van der Waals surface area contributed by atoms with Gasteiger partial charge in [0.25, 0.3) is 0 Å². The van der Waals surface area contributed by atoms with Gasteiger partial charge in [0.1, 0.15) is 0 Å². The van der Waals surface area contributed by atoms with Crippen molar-refractivity contribution in [1.29, 1.82) is 0 Å². The standard InChI is InChI=1S/C12H13BrN2O3/c1-7-2-3-9(13)4-10(7)14-12(18)15-5-8(6-15)11(16)17/h2-4,8H,5-6H2,1H3,(H,14,18)(H,16,17). The number of hydrogen-bond donors (Lipinski definition) is 2. The van der Waals surface area contributed by atoms with Gasteiger partial charge in [-0.3, -0.25) is 4.79 Å². The number of urea groups is 1. The molecule has 0 aliphatic carbocycles. The van der Waals surface area contributed by atoms with Gasteiger partial charge >= 0.3 is 12.0 Å². The summed E-state index contributed by atoms with van der Waals surface area (Å²) in [4.78, 5) is 24.0. The molecule has 96 valence electrons. The van der Waals surface area contributed by atoms with Crippen LogP contribution in [0.15, 0.2) is 22.7 Å². The number of carbonyl (C=O) groups excluding carboxylic acids is 1. The van der Waals surface area contributed by atoms with Crippen molar-refractivity contribution in [2.75, 3.05) is 18.4 Å². The van der Waals surface area contributed by atoms with Crippen LogP contribution in [0.5, 0.6) is 0 Å². The maximum Gasteiger partial charge on any atom is 0.321 e. The summed E-state index contributed by atoms with van der Waals surface area (Å²) in [6.45, 7) is 2.45. The average molecular weight is 313 g/mol. The lowest BCUT2D eigenvalue weighted by atomic mass is 10.0. The van der Waals surface area contributed by atoms with Gasteiger partial charge in [0, 0.05) is 23.2 Å². The number of hydrogen-bond acceptors (Lipinski definition) is 2. The molecule has 0 atom stereocenters. The van der Waals surface area contributed by atoms with Crippen LogP contribution in [0, 0.1) is 12.8 Å². The van der Waals surface area contributed by atoms with E-state index >= 15 is 0 Å². The molecule has 0 spiro atoms. The fraction of sp³-hybridized carbons (Fsp3) is 0.333. The average Bonchev–Trinajstić information content (AvgIpc) is 2.20. The zero-order valence-corrected chi connectivity index (χ0v) is 11.4. The van der Waals surface area contributed by atoms with E-state index in [-0.39, 0.29) is 19.1 Å². The number of aliphatic carboxylic acids is 1. The van der Waals surface area contributed by atoms with Crippen molar-refractivity contribution >= 4 is 33.6 Å². The predicted octanol–water partition coefficient (Wildman–Crippen LogP) is 2.31. The summed E-state index contributed by atoms with van der Waals surface area (Å²) in [5.41, 5.74) is 1.69. The molecule has 1 aromatic rings. The first-order valence-electron chi connectivity index (χ1n) is 5.52.